The minimum atomic E-state index is -0.160. The van der Waals surface area contributed by atoms with Gasteiger partial charge in [0, 0.05) is 30.8 Å². The minimum Gasteiger partial charge on any atom is -0.377 e. The smallest absolute Gasteiger partial charge is 0.254 e. The molecule has 0 bridgehead atoms. The Morgan fingerprint density at radius 1 is 1.24 bits per heavy atom. The van der Waals surface area contributed by atoms with Crippen LogP contribution in [0.4, 0.5) is 0 Å². The summed E-state index contributed by atoms with van der Waals surface area (Å²) in [6.45, 7) is 5.27. The maximum atomic E-state index is 11.9. The summed E-state index contributed by atoms with van der Waals surface area (Å²) >= 11 is 0. The Bertz CT molecular complexity index is 741. The molecule has 1 amide bonds. The zero-order valence-electron chi connectivity index (χ0n) is 14.8. The second-order valence-electron chi connectivity index (χ2n) is 5.96. The van der Waals surface area contributed by atoms with Crippen molar-refractivity contribution in [3.8, 4) is 0 Å². The molecule has 2 aromatic rings. The first kappa shape index (κ1) is 18.9. The number of hydrogen-bond acceptors (Lipinski definition) is 4. The van der Waals surface area contributed by atoms with Gasteiger partial charge >= 0.3 is 0 Å². The molecule has 0 aliphatic rings. The highest BCUT2D eigenvalue weighted by Gasteiger charge is 2.09. The summed E-state index contributed by atoms with van der Waals surface area (Å²) in [6.07, 6.45) is 1.43. The summed E-state index contributed by atoms with van der Waals surface area (Å²) in [5.41, 5.74) is 2.24. The van der Waals surface area contributed by atoms with Crippen LogP contribution in [0.3, 0.4) is 0 Å². The molecule has 1 heterocycles. The molecule has 0 aliphatic carbocycles. The third-order valence-corrected chi connectivity index (χ3v) is 3.84. The van der Waals surface area contributed by atoms with Gasteiger partial charge in [-0.1, -0.05) is 30.3 Å². The van der Waals surface area contributed by atoms with Crippen LogP contribution in [-0.2, 0) is 22.6 Å². The maximum Gasteiger partial charge on any atom is 0.254 e. The molecule has 134 valence electrons. The Hall–Kier alpha value is -2.47. The molecule has 1 aromatic carbocycles. The van der Waals surface area contributed by atoms with Gasteiger partial charge in [0.1, 0.15) is 5.82 Å². The molecule has 1 aromatic heterocycles. The molecule has 0 atom stereocenters. The van der Waals surface area contributed by atoms with Gasteiger partial charge in [-0.2, -0.15) is 0 Å². The Kier molecular flexibility index (Phi) is 7.35. The van der Waals surface area contributed by atoms with E-state index in [0.717, 1.165) is 12.0 Å². The van der Waals surface area contributed by atoms with Crippen molar-refractivity contribution in [2.45, 2.75) is 39.7 Å². The van der Waals surface area contributed by atoms with Gasteiger partial charge in [0.2, 0.25) is 5.91 Å². The largest absolute Gasteiger partial charge is 0.377 e. The number of carbonyl (C=O) groups is 1. The second-order valence-corrected chi connectivity index (χ2v) is 5.96. The summed E-state index contributed by atoms with van der Waals surface area (Å²) in [5, 5.41) is 2.85. The topological polar surface area (TPSA) is 84.1 Å². The number of amides is 1. The lowest BCUT2D eigenvalue weighted by Crippen LogP contribution is -2.27. The van der Waals surface area contributed by atoms with E-state index >= 15 is 0 Å². The fraction of sp³-hybridized carbons (Fsp3) is 0.421. The van der Waals surface area contributed by atoms with Gasteiger partial charge in [0.15, 0.2) is 0 Å². The van der Waals surface area contributed by atoms with Crippen LogP contribution in [0.1, 0.15) is 35.5 Å². The average Bonchev–Trinajstić information content (AvgIpc) is 2.58. The molecule has 25 heavy (non-hydrogen) atoms. The predicted octanol–water partition coefficient (Wildman–Crippen LogP) is 2.04. The quantitative estimate of drug-likeness (QED) is 0.683. The fourth-order valence-electron chi connectivity index (χ4n) is 2.54. The van der Waals surface area contributed by atoms with Crippen LogP contribution in [0.25, 0.3) is 0 Å². The van der Waals surface area contributed by atoms with Gasteiger partial charge in [-0.25, -0.2) is 4.98 Å². The van der Waals surface area contributed by atoms with Gasteiger partial charge < -0.3 is 15.0 Å². The van der Waals surface area contributed by atoms with Crippen molar-refractivity contribution in [1.82, 2.24) is 15.3 Å². The average molecular weight is 343 g/mol. The molecular formula is C19H25N3O3. The zero-order chi connectivity index (χ0) is 18.1. The first-order chi connectivity index (χ1) is 12.1. The van der Waals surface area contributed by atoms with E-state index in [9.17, 15) is 9.59 Å². The molecular weight excluding hydrogens is 318 g/mol. The van der Waals surface area contributed by atoms with Crippen molar-refractivity contribution in [2.75, 3.05) is 13.2 Å². The SMILES string of the molecule is Cc1nc(C)c(CCC(=O)NCCCOCc2ccccc2)c(=O)[nH]1. The van der Waals surface area contributed by atoms with Crippen LogP contribution in [0.15, 0.2) is 35.1 Å². The number of benzene rings is 1. The molecule has 0 saturated carbocycles. The van der Waals surface area contributed by atoms with Crippen LogP contribution < -0.4 is 10.9 Å². The van der Waals surface area contributed by atoms with E-state index in [-0.39, 0.29) is 17.9 Å². The maximum absolute atomic E-state index is 11.9. The number of nitrogens with one attached hydrogen (secondary N) is 2. The molecule has 0 spiro atoms. The predicted molar refractivity (Wildman–Crippen MR) is 96.4 cm³/mol. The first-order valence-electron chi connectivity index (χ1n) is 8.51. The normalized spacial score (nSPS) is 10.6. The number of nitrogens with zero attached hydrogens (tertiary/aromatic N) is 1. The number of aromatic amines is 1. The van der Waals surface area contributed by atoms with Crippen LogP contribution in [-0.4, -0.2) is 29.0 Å². The number of rotatable bonds is 9. The monoisotopic (exact) mass is 343 g/mol. The van der Waals surface area contributed by atoms with E-state index < -0.39 is 0 Å². The standard InChI is InChI=1S/C19H25N3O3/c1-14-17(19(24)22-15(2)21-14)9-10-18(23)20-11-6-12-25-13-16-7-4-3-5-8-16/h3-5,7-8H,6,9-13H2,1-2H3,(H,20,23)(H,21,22,24). The van der Waals surface area contributed by atoms with Gasteiger partial charge in [-0.05, 0) is 32.3 Å². The highest BCUT2D eigenvalue weighted by Crippen LogP contribution is 2.03. The third-order valence-electron chi connectivity index (χ3n) is 3.84. The van der Waals surface area contributed by atoms with Crippen molar-refractivity contribution in [3.05, 3.63) is 63.3 Å². The summed E-state index contributed by atoms with van der Waals surface area (Å²) < 4.78 is 5.57. The van der Waals surface area contributed by atoms with E-state index in [0.29, 0.717) is 43.3 Å². The molecule has 0 fully saturated rings. The summed E-state index contributed by atoms with van der Waals surface area (Å²) in [5.74, 6) is 0.522. The number of hydrogen-bond donors (Lipinski definition) is 2. The second kappa shape index (κ2) is 9.74. The van der Waals surface area contributed by atoms with Crippen molar-refractivity contribution in [1.29, 1.82) is 0 Å². The first-order valence-corrected chi connectivity index (χ1v) is 8.51. The molecule has 2 N–H and O–H groups in total. The van der Waals surface area contributed by atoms with Crippen LogP contribution in [0.5, 0.6) is 0 Å². The number of H-pyrrole nitrogens is 1. The Labute approximate surface area is 147 Å². The van der Waals surface area contributed by atoms with Crippen LogP contribution >= 0.6 is 0 Å². The summed E-state index contributed by atoms with van der Waals surface area (Å²) in [6, 6.07) is 9.97. The van der Waals surface area contributed by atoms with E-state index in [4.69, 9.17) is 4.74 Å². The lowest BCUT2D eigenvalue weighted by atomic mass is 10.1. The van der Waals surface area contributed by atoms with Crippen molar-refractivity contribution < 1.29 is 9.53 Å². The Balaban J connectivity index is 1.61. The molecule has 0 saturated heterocycles. The molecule has 0 radical (unpaired) electrons. The summed E-state index contributed by atoms with van der Waals surface area (Å²) in [4.78, 5) is 30.7. The van der Waals surface area contributed by atoms with E-state index in [1.54, 1.807) is 13.8 Å². The van der Waals surface area contributed by atoms with E-state index in [1.807, 2.05) is 30.3 Å². The molecule has 6 nitrogen and oxygen atoms in total. The Morgan fingerprint density at radius 2 is 2.00 bits per heavy atom. The highest BCUT2D eigenvalue weighted by molar-refractivity contribution is 5.76. The van der Waals surface area contributed by atoms with Crippen molar-refractivity contribution >= 4 is 5.91 Å². The highest BCUT2D eigenvalue weighted by atomic mass is 16.5. The number of aromatic nitrogens is 2. The van der Waals surface area contributed by atoms with Gasteiger partial charge in [0.25, 0.3) is 5.56 Å². The van der Waals surface area contributed by atoms with E-state index in [1.165, 1.54) is 0 Å². The number of ether oxygens (including phenoxy) is 1. The van der Waals surface area contributed by atoms with Crippen LogP contribution in [0, 0.1) is 13.8 Å². The van der Waals surface area contributed by atoms with Gasteiger partial charge in [-0.3, -0.25) is 9.59 Å². The van der Waals surface area contributed by atoms with Crippen molar-refractivity contribution in [3.63, 3.8) is 0 Å². The summed E-state index contributed by atoms with van der Waals surface area (Å²) in [7, 11) is 0. The zero-order valence-corrected chi connectivity index (χ0v) is 14.8. The van der Waals surface area contributed by atoms with E-state index in [2.05, 4.69) is 15.3 Å². The fourth-order valence-corrected chi connectivity index (χ4v) is 2.54. The number of aryl methyl sites for hydroxylation is 2. The van der Waals surface area contributed by atoms with Gasteiger partial charge in [-0.15, -0.1) is 0 Å². The van der Waals surface area contributed by atoms with Crippen LogP contribution in [0.2, 0.25) is 0 Å². The molecule has 6 heteroatoms. The third kappa shape index (κ3) is 6.51. The lowest BCUT2D eigenvalue weighted by molar-refractivity contribution is -0.121. The molecule has 0 aliphatic heterocycles. The molecule has 0 unspecified atom stereocenters. The lowest BCUT2D eigenvalue weighted by Gasteiger charge is -2.07. The van der Waals surface area contributed by atoms with Crippen molar-refractivity contribution in [2.24, 2.45) is 0 Å². The molecule has 2 rings (SSSR count). The number of carbonyl (C=O) groups excluding carboxylic acids is 1. The minimum absolute atomic E-state index is 0.0672. The Morgan fingerprint density at radius 3 is 2.72 bits per heavy atom. The van der Waals surface area contributed by atoms with Gasteiger partial charge in [0.05, 0.1) is 6.61 Å².